The third-order valence-electron chi connectivity index (χ3n) is 3.88. The van der Waals surface area contributed by atoms with Crippen LogP contribution in [-0.2, 0) is 9.59 Å². The Bertz CT molecular complexity index is 572. The van der Waals surface area contributed by atoms with Gasteiger partial charge in [-0.25, -0.2) is 8.78 Å². The smallest absolute Gasteiger partial charge is 0.241 e. The van der Waals surface area contributed by atoms with Gasteiger partial charge in [0.05, 0.1) is 11.7 Å². The molecule has 5 nitrogen and oxygen atoms in total. The Hall–Kier alpha value is -2.02. The first kappa shape index (κ1) is 16.4. The van der Waals surface area contributed by atoms with Gasteiger partial charge in [0.15, 0.2) is 0 Å². The van der Waals surface area contributed by atoms with E-state index in [1.54, 1.807) is 11.8 Å². The molecule has 1 N–H and O–H groups in total. The van der Waals surface area contributed by atoms with Crippen LogP contribution in [-0.4, -0.2) is 53.8 Å². The fourth-order valence-electron chi connectivity index (χ4n) is 2.42. The van der Waals surface area contributed by atoms with Gasteiger partial charge in [-0.2, -0.15) is 0 Å². The van der Waals surface area contributed by atoms with Gasteiger partial charge < -0.3 is 10.2 Å². The Labute approximate surface area is 127 Å². The average Bonchev–Trinajstić information content (AvgIpc) is 2.49. The van der Waals surface area contributed by atoms with Crippen LogP contribution >= 0.6 is 0 Å². The van der Waals surface area contributed by atoms with E-state index in [0.29, 0.717) is 26.2 Å². The van der Waals surface area contributed by atoms with Crippen molar-refractivity contribution in [1.82, 2.24) is 9.80 Å². The molecule has 2 rings (SSSR count). The largest absolute Gasteiger partial charge is 0.340 e. The highest BCUT2D eigenvalue weighted by molar-refractivity contribution is 5.94. The second kappa shape index (κ2) is 6.83. The highest BCUT2D eigenvalue weighted by Crippen LogP contribution is 2.16. The summed E-state index contributed by atoms with van der Waals surface area (Å²) in [6, 6.07) is 2.56. The molecule has 0 saturated carbocycles. The first-order valence-corrected chi connectivity index (χ1v) is 7.14. The normalized spacial score (nSPS) is 17.2. The van der Waals surface area contributed by atoms with Crippen molar-refractivity contribution in [3.63, 3.8) is 0 Å². The molecule has 22 heavy (non-hydrogen) atoms. The number of amides is 2. The topological polar surface area (TPSA) is 52.7 Å². The summed E-state index contributed by atoms with van der Waals surface area (Å²) in [6.45, 7) is 5.54. The van der Waals surface area contributed by atoms with Crippen molar-refractivity contribution in [1.29, 1.82) is 0 Å². The Morgan fingerprint density at radius 2 is 1.82 bits per heavy atom. The molecule has 0 radical (unpaired) electrons. The Morgan fingerprint density at radius 1 is 1.18 bits per heavy atom. The lowest BCUT2D eigenvalue weighted by atomic mass is 10.2. The van der Waals surface area contributed by atoms with Crippen molar-refractivity contribution in [2.75, 3.05) is 31.5 Å². The van der Waals surface area contributed by atoms with Crippen LogP contribution in [0.25, 0.3) is 0 Å². The Morgan fingerprint density at radius 3 is 2.36 bits per heavy atom. The predicted octanol–water partition coefficient (Wildman–Crippen LogP) is 1.46. The maximum absolute atomic E-state index is 13.5. The van der Waals surface area contributed by atoms with Gasteiger partial charge in [-0.3, -0.25) is 14.5 Å². The molecule has 0 aromatic heterocycles. The number of nitrogens with zero attached hydrogens (tertiary/aromatic N) is 2. The third kappa shape index (κ3) is 3.79. The zero-order valence-corrected chi connectivity index (χ0v) is 12.6. The minimum atomic E-state index is -0.804. The molecule has 1 aliphatic rings. The fourth-order valence-corrected chi connectivity index (χ4v) is 2.42. The van der Waals surface area contributed by atoms with E-state index >= 15 is 0 Å². The van der Waals surface area contributed by atoms with Crippen molar-refractivity contribution in [2.45, 2.75) is 19.9 Å². The maximum atomic E-state index is 13.5. The van der Waals surface area contributed by atoms with Gasteiger partial charge in [0.1, 0.15) is 11.6 Å². The number of halogens is 2. The van der Waals surface area contributed by atoms with Crippen LogP contribution in [0.4, 0.5) is 14.5 Å². The molecule has 0 spiro atoms. The zero-order valence-electron chi connectivity index (χ0n) is 12.6. The molecule has 0 bridgehead atoms. The summed E-state index contributed by atoms with van der Waals surface area (Å²) >= 11 is 0. The van der Waals surface area contributed by atoms with Gasteiger partial charge in [-0.15, -0.1) is 0 Å². The molecule has 0 aliphatic carbocycles. The van der Waals surface area contributed by atoms with Gasteiger partial charge in [0, 0.05) is 39.2 Å². The van der Waals surface area contributed by atoms with Gasteiger partial charge >= 0.3 is 0 Å². The summed E-state index contributed by atoms with van der Waals surface area (Å²) in [6.07, 6.45) is 0. The number of carbonyl (C=O) groups is 2. The Kier molecular flexibility index (Phi) is 5.07. The first-order valence-electron chi connectivity index (χ1n) is 7.14. The lowest BCUT2D eigenvalue weighted by Crippen LogP contribution is -2.53. The molecule has 1 atom stereocenters. The lowest BCUT2D eigenvalue weighted by molar-refractivity contribution is -0.131. The standard InChI is InChI=1S/C15H19F2N3O2/c1-10(19-5-7-20(8-6-19)11(2)21)15(22)18-14-4-3-12(16)9-13(14)17/h3-4,9-10H,5-8H2,1-2H3,(H,18,22)/t10-/m1/s1. The van der Waals surface area contributed by atoms with Crippen LogP contribution in [0.3, 0.4) is 0 Å². The van der Waals surface area contributed by atoms with E-state index in [2.05, 4.69) is 5.32 Å². The fraction of sp³-hybridized carbons (Fsp3) is 0.467. The number of carbonyl (C=O) groups excluding carboxylic acids is 2. The Balaban J connectivity index is 1.94. The van der Waals surface area contributed by atoms with Gasteiger partial charge in [0.2, 0.25) is 11.8 Å². The summed E-state index contributed by atoms with van der Waals surface area (Å²) in [7, 11) is 0. The second-order valence-electron chi connectivity index (χ2n) is 5.33. The van der Waals surface area contributed by atoms with E-state index < -0.39 is 17.7 Å². The third-order valence-corrected chi connectivity index (χ3v) is 3.88. The molecule has 1 fully saturated rings. The molecular weight excluding hydrogens is 292 g/mol. The van der Waals surface area contributed by atoms with E-state index in [1.807, 2.05) is 4.90 Å². The number of hydrogen-bond donors (Lipinski definition) is 1. The highest BCUT2D eigenvalue weighted by atomic mass is 19.1. The number of piperazine rings is 1. The molecule has 1 saturated heterocycles. The SMILES string of the molecule is CC(=O)N1CCN([C@H](C)C(=O)Nc2ccc(F)cc2F)CC1. The summed E-state index contributed by atoms with van der Waals surface area (Å²) < 4.78 is 26.4. The number of rotatable bonds is 3. The number of benzene rings is 1. The summed E-state index contributed by atoms with van der Waals surface area (Å²) in [5.41, 5.74) is -0.0411. The monoisotopic (exact) mass is 311 g/mol. The van der Waals surface area contributed by atoms with Gasteiger partial charge in [-0.05, 0) is 19.1 Å². The zero-order chi connectivity index (χ0) is 16.3. The molecule has 2 amide bonds. The van der Waals surface area contributed by atoms with E-state index in [1.165, 1.54) is 13.0 Å². The second-order valence-corrected chi connectivity index (χ2v) is 5.33. The molecule has 120 valence electrons. The van der Waals surface area contributed by atoms with E-state index in [4.69, 9.17) is 0 Å². The minimum absolute atomic E-state index is 0.0186. The van der Waals surface area contributed by atoms with E-state index in [-0.39, 0.29) is 17.5 Å². The van der Waals surface area contributed by atoms with Crippen LogP contribution in [0.15, 0.2) is 18.2 Å². The average molecular weight is 311 g/mol. The maximum Gasteiger partial charge on any atom is 0.241 e. The molecule has 0 unspecified atom stereocenters. The molecular formula is C15H19F2N3O2. The number of nitrogens with one attached hydrogen (secondary N) is 1. The summed E-state index contributed by atoms with van der Waals surface area (Å²) in [4.78, 5) is 27.1. The molecule has 1 heterocycles. The van der Waals surface area contributed by atoms with Crippen molar-refractivity contribution in [3.8, 4) is 0 Å². The van der Waals surface area contributed by atoms with Crippen LogP contribution < -0.4 is 5.32 Å². The van der Waals surface area contributed by atoms with Crippen molar-refractivity contribution in [2.24, 2.45) is 0 Å². The minimum Gasteiger partial charge on any atom is -0.340 e. The van der Waals surface area contributed by atoms with Crippen molar-refractivity contribution in [3.05, 3.63) is 29.8 Å². The molecule has 1 aromatic rings. The summed E-state index contributed by atoms with van der Waals surface area (Å²) in [5.74, 6) is -1.84. The highest BCUT2D eigenvalue weighted by Gasteiger charge is 2.26. The predicted molar refractivity (Wildman–Crippen MR) is 78.3 cm³/mol. The first-order chi connectivity index (χ1) is 10.4. The van der Waals surface area contributed by atoms with Crippen LogP contribution in [0.5, 0.6) is 0 Å². The molecule has 1 aromatic carbocycles. The van der Waals surface area contributed by atoms with Crippen LogP contribution in [0.2, 0.25) is 0 Å². The quantitative estimate of drug-likeness (QED) is 0.919. The number of anilines is 1. The molecule has 1 aliphatic heterocycles. The molecule has 7 heteroatoms. The van der Waals surface area contributed by atoms with Gasteiger partial charge in [0.25, 0.3) is 0 Å². The number of hydrogen-bond acceptors (Lipinski definition) is 3. The van der Waals surface area contributed by atoms with Crippen molar-refractivity contribution >= 4 is 17.5 Å². The van der Waals surface area contributed by atoms with Crippen molar-refractivity contribution < 1.29 is 18.4 Å². The lowest BCUT2D eigenvalue weighted by Gasteiger charge is -2.37. The van der Waals surface area contributed by atoms with Crippen LogP contribution in [0, 0.1) is 11.6 Å². The van der Waals surface area contributed by atoms with E-state index in [0.717, 1.165) is 12.1 Å². The van der Waals surface area contributed by atoms with E-state index in [9.17, 15) is 18.4 Å². The van der Waals surface area contributed by atoms with Crippen LogP contribution in [0.1, 0.15) is 13.8 Å². The van der Waals surface area contributed by atoms with Gasteiger partial charge in [-0.1, -0.05) is 0 Å². The summed E-state index contributed by atoms with van der Waals surface area (Å²) in [5, 5.41) is 2.47.